The molecule has 7 heteroatoms. The van der Waals surface area contributed by atoms with Crippen molar-refractivity contribution in [2.45, 2.75) is 13.2 Å². The first-order valence-corrected chi connectivity index (χ1v) is 7.79. The molecular formula is C19H13FN2O4. The average Bonchev–Trinajstić information content (AvgIpc) is 2.93. The molecule has 0 atom stereocenters. The summed E-state index contributed by atoms with van der Waals surface area (Å²) in [6.07, 6.45) is 5.49. The minimum Gasteiger partial charge on any atom is -0.467 e. The number of amides is 1. The highest BCUT2D eigenvalue weighted by Crippen LogP contribution is 2.36. The van der Waals surface area contributed by atoms with E-state index in [4.69, 9.17) is 15.9 Å². The van der Waals surface area contributed by atoms with Gasteiger partial charge in [0.2, 0.25) is 0 Å². The van der Waals surface area contributed by atoms with E-state index in [9.17, 15) is 14.4 Å². The Morgan fingerprint density at radius 3 is 3.00 bits per heavy atom. The molecule has 2 aliphatic rings. The Morgan fingerprint density at radius 2 is 2.23 bits per heavy atom. The summed E-state index contributed by atoms with van der Waals surface area (Å²) >= 11 is 0. The van der Waals surface area contributed by atoms with E-state index in [1.54, 1.807) is 18.2 Å². The van der Waals surface area contributed by atoms with E-state index in [1.807, 2.05) is 0 Å². The number of nitrogens with zero attached hydrogens (tertiary/aromatic N) is 2. The molecule has 0 saturated heterocycles. The summed E-state index contributed by atoms with van der Waals surface area (Å²) in [5.74, 6) is 2.01. The summed E-state index contributed by atoms with van der Waals surface area (Å²) in [4.78, 5) is 14.1. The van der Waals surface area contributed by atoms with Gasteiger partial charge in [-0.3, -0.25) is 4.79 Å². The minimum absolute atomic E-state index is 0.0406. The Hall–Kier alpha value is -3.37. The van der Waals surface area contributed by atoms with E-state index in [0.29, 0.717) is 33.7 Å². The first-order valence-electron chi connectivity index (χ1n) is 7.79. The van der Waals surface area contributed by atoms with Crippen molar-refractivity contribution in [1.29, 1.82) is 0 Å². The van der Waals surface area contributed by atoms with Gasteiger partial charge in [0.1, 0.15) is 11.6 Å². The van der Waals surface area contributed by atoms with Crippen molar-refractivity contribution in [3.8, 4) is 18.1 Å². The van der Waals surface area contributed by atoms with E-state index < -0.39 is 11.7 Å². The molecule has 1 amide bonds. The summed E-state index contributed by atoms with van der Waals surface area (Å²) < 4.78 is 24.7. The van der Waals surface area contributed by atoms with E-state index in [-0.39, 0.29) is 25.7 Å². The van der Waals surface area contributed by atoms with Crippen LogP contribution in [0, 0.1) is 18.2 Å². The first-order chi connectivity index (χ1) is 12.6. The molecule has 0 spiro atoms. The number of terminal acetylenes is 1. The van der Waals surface area contributed by atoms with Crippen LogP contribution in [-0.2, 0) is 22.7 Å². The Kier molecular flexibility index (Phi) is 3.82. The van der Waals surface area contributed by atoms with Gasteiger partial charge >= 0.3 is 0 Å². The molecule has 0 radical (unpaired) electrons. The molecule has 0 fully saturated rings. The number of ether oxygens (including phenoxy) is 2. The third-order valence-electron chi connectivity index (χ3n) is 4.35. The van der Waals surface area contributed by atoms with Crippen LogP contribution in [0.2, 0.25) is 0 Å². The van der Waals surface area contributed by atoms with Crippen LogP contribution in [-0.4, -0.2) is 23.6 Å². The molecule has 2 heterocycles. The van der Waals surface area contributed by atoms with Crippen molar-refractivity contribution in [1.82, 2.24) is 0 Å². The predicted octanol–water partition coefficient (Wildman–Crippen LogP) is 2.40. The zero-order valence-corrected chi connectivity index (χ0v) is 13.5. The number of fused-ring (bicyclic) bond motifs is 2. The second kappa shape index (κ2) is 6.17. The molecule has 2 aromatic rings. The van der Waals surface area contributed by atoms with Crippen LogP contribution >= 0.6 is 0 Å². The topological polar surface area (TPSA) is 71.4 Å². The third kappa shape index (κ3) is 2.39. The van der Waals surface area contributed by atoms with Gasteiger partial charge in [0, 0.05) is 22.3 Å². The average molecular weight is 352 g/mol. The zero-order valence-electron chi connectivity index (χ0n) is 13.5. The monoisotopic (exact) mass is 352 g/mol. The lowest BCUT2D eigenvalue weighted by Gasteiger charge is -2.24. The van der Waals surface area contributed by atoms with Gasteiger partial charge in [-0.05, 0) is 24.3 Å². The predicted molar refractivity (Wildman–Crippen MR) is 90.6 cm³/mol. The van der Waals surface area contributed by atoms with Gasteiger partial charge in [-0.15, -0.1) is 6.42 Å². The Balaban J connectivity index is 1.81. The molecule has 1 N–H and O–H groups in total. The standard InChI is InChI=1S/C19H13FN2O4/c1-2-11-4-3-5-15-16(11)17(21-24)19(23)22(15)8-12-6-14(20)7-13-9-25-10-26-18(12)13/h1,3-7,24H,8-10H2/b21-17-. The number of hydrogen-bond acceptors (Lipinski definition) is 5. The summed E-state index contributed by atoms with van der Waals surface area (Å²) in [6, 6.07) is 7.72. The van der Waals surface area contributed by atoms with Gasteiger partial charge in [0.05, 0.1) is 18.8 Å². The SMILES string of the molecule is C#Cc1cccc2c1/C(=N/O)C(=O)N2Cc1cc(F)cc2c1OCOC2. The maximum Gasteiger partial charge on any atom is 0.281 e. The minimum atomic E-state index is -0.518. The number of benzene rings is 2. The quantitative estimate of drug-likeness (QED) is 0.512. The van der Waals surface area contributed by atoms with Crippen LogP contribution in [0.3, 0.4) is 0 Å². The first kappa shape index (κ1) is 16.1. The van der Waals surface area contributed by atoms with Gasteiger partial charge in [0.15, 0.2) is 12.5 Å². The number of hydrogen-bond donors (Lipinski definition) is 1. The summed E-state index contributed by atoms with van der Waals surface area (Å²) in [7, 11) is 0. The van der Waals surface area contributed by atoms with Crippen LogP contribution in [0.5, 0.6) is 5.75 Å². The van der Waals surface area contributed by atoms with Crippen molar-refractivity contribution in [2.75, 3.05) is 11.7 Å². The van der Waals surface area contributed by atoms with Gasteiger partial charge in [-0.25, -0.2) is 4.39 Å². The van der Waals surface area contributed by atoms with Crippen molar-refractivity contribution in [2.24, 2.45) is 5.16 Å². The molecule has 0 bridgehead atoms. The van der Waals surface area contributed by atoms with Crippen LogP contribution in [0.4, 0.5) is 10.1 Å². The number of carbonyl (C=O) groups is 1. The molecule has 26 heavy (non-hydrogen) atoms. The number of halogens is 1. The zero-order chi connectivity index (χ0) is 18.3. The molecular weight excluding hydrogens is 339 g/mol. The van der Waals surface area contributed by atoms with Gasteiger partial charge in [0.25, 0.3) is 5.91 Å². The summed E-state index contributed by atoms with van der Waals surface area (Å²) in [5, 5.41) is 12.4. The van der Waals surface area contributed by atoms with Crippen LogP contribution in [0.25, 0.3) is 0 Å². The molecule has 130 valence electrons. The van der Waals surface area contributed by atoms with Crippen molar-refractivity contribution >= 4 is 17.3 Å². The van der Waals surface area contributed by atoms with Gasteiger partial charge in [-0.1, -0.05) is 17.1 Å². The van der Waals surface area contributed by atoms with E-state index in [1.165, 1.54) is 17.0 Å². The second-order valence-corrected chi connectivity index (χ2v) is 5.85. The number of carbonyl (C=O) groups excluding carboxylic acids is 1. The normalized spacial score (nSPS) is 16.8. The lowest BCUT2D eigenvalue weighted by Crippen LogP contribution is -2.30. The Morgan fingerprint density at radius 1 is 1.38 bits per heavy atom. The molecule has 2 aromatic carbocycles. The molecule has 0 saturated carbocycles. The lowest BCUT2D eigenvalue weighted by atomic mass is 10.0. The number of anilines is 1. The largest absolute Gasteiger partial charge is 0.467 e. The highest BCUT2D eigenvalue weighted by molar-refractivity contribution is 6.54. The fourth-order valence-electron chi connectivity index (χ4n) is 3.27. The third-order valence-corrected chi connectivity index (χ3v) is 4.35. The van der Waals surface area contributed by atoms with Crippen molar-refractivity contribution in [3.63, 3.8) is 0 Å². The van der Waals surface area contributed by atoms with Crippen LogP contribution < -0.4 is 9.64 Å². The molecule has 6 nitrogen and oxygen atoms in total. The molecule has 0 aromatic heterocycles. The number of rotatable bonds is 2. The van der Waals surface area contributed by atoms with Crippen molar-refractivity contribution < 1.29 is 23.9 Å². The Labute approximate surface area is 148 Å². The molecule has 0 unspecified atom stereocenters. The van der Waals surface area contributed by atoms with E-state index >= 15 is 0 Å². The molecule has 4 rings (SSSR count). The maximum absolute atomic E-state index is 14.0. The van der Waals surface area contributed by atoms with E-state index in [2.05, 4.69) is 11.1 Å². The maximum atomic E-state index is 14.0. The van der Waals surface area contributed by atoms with Gasteiger partial charge in [-0.2, -0.15) is 0 Å². The van der Waals surface area contributed by atoms with E-state index in [0.717, 1.165) is 0 Å². The highest BCUT2D eigenvalue weighted by Gasteiger charge is 2.37. The second-order valence-electron chi connectivity index (χ2n) is 5.85. The van der Waals surface area contributed by atoms with Gasteiger partial charge < -0.3 is 19.6 Å². The highest BCUT2D eigenvalue weighted by atomic mass is 19.1. The summed E-state index contributed by atoms with van der Waals surface area (Å²) in [5.41, 5.74) is 2.26. The van der Waals surface area contributed by atoms with Crippen molar-refractivity contribution in [3.05, 3.63) is 58.4 Å². The molecule has 2 aliphatic heterocycles. The Bertz CT molecular complexity index is 994. The van der Waals surface area contributed by atoms with Crippen LogP contribution in [0.1, 0.15) is 22.3 Å². The smallest absolute Gasteiger partial charge is 0.281 e. The summed E-state index contributed by atoms with van der Waals surface area (Å²) in [6.45, 7) is 0.328. The molecule has 0 aliphatic carbocycles. The van der Waals surface area contributed by atoms with Crippen LogP contribution in [0.15, 0.2) is 35.5 Å². The fourth-order valence-corrected chi connectivity index (χ4v) is 3.27. The lowest BCUT2D eigenvalue weighted by molar-refractivity contribution is -0.112. The number of oxime groups is 1. The fraction of sp³-hybridized carbons (Fsp3) is 0.158.